The van der Waals surface area contributed by atoms with E-state index in [1.54, 1.807) is 42.5 Å². The first-order chi connectivity index (χ1) is 11.6. The predicted octanol–water partition coefficient (Wildman–Crippen LogP) is 1.89. The highest BCUT2D eigenvalue weighted by atomic mass is 16.4. The van der Waals surface area contributed by atoms with Crippen molar-refractivity contribution >= 4 is 22.8 Å². The first-order valence-corrected chi connectivity index (χ1v) is 7.09. The quantitative estimate of drug-likeness (QED) is 0.676. The zero-order chi connectivity index (χ0) is 17.1. The van der Waals surface area contributed by atoms with Crippen LogP contribution < -0.4 is 5.32 Å². The SMILES string of the molecule is O=C(N[C@H](C(=O)O)c1ccccc1)c1ncc2cccnc2c1O. The lowest BCUT2D eigenvalue weighted by atomic mass is 10.1. The van der Waals surface area contributed by atoms with Crippen molar-refractivity contribution in [3.8, 4) is 5.75 Å². The van der Waals surface area contributed by atoms with Gasteiger partial charge in [0.2, 0.25) is 0 Å². The number of aromatic nitrogens is 2. The third kappa shape index (κ3) is 2.87. The van der Waals surface area contributed by atoms with Crippen LogP contribution >= 0.6 is 0 Å². The van der Waals surface area contributed by atoms with Crippen LogP contribution in [0.3, 0.4) is 0 Å². The van der Waals surface area contributed by atoms with E-state index in [1.807, 2.05) is 0 Å². The number of rotatable bonds is 4. The summed E-state index contributed by atoms with van der Waals surface area (Å²) in [6.07, 6.45) is 2.88. The van der Waals surface area contributed by atoms with Gasteiger partial charge in [0.15, 0.2) is 17.5 Å². The molecule has 24 heavy (non-hydrogen) atoms. The molecule has 7 nitrogen and oxygen atoms in total. The fraction of sp³-hybridized carbons (Fsp3) is 0.0588. The van der Waals surface area contributed by atoms with Gasteiger partial charge in [-0.25, -0.2) is 9.78 Å². The van der Waals surface area contributed by atoms with Gasteiger partial charge in [-0.3, -0.25) is 9.78 Å². The van der Waals surface area contributed by atoms with Gasteiger partial charge < -0.3 is 15.5 Å². The Labute approximate surface area is 136 Å². The van der Waals surface area contributed by atoms with E-state index in [2.05, 4.69) is 15.3 Å². The van der Waals surface area contributed by atoms with Gasteiger partial charge in [0.25, 0.3) is 5.91 Å². The minimum absolute atomic E-state index is 0.226. The van der Waals surface area contributed by atoms with Gasteiger partial charge in [0, 0.05) is 17.8 Å². The smallest absolute Gasteiger partial charge is 0.330 e. The fourth-order valence-corrected chi connectivity index (χ4v) is 2.33. The topological polar surface area (TPSA) is 112 Å². The zero-order valence-corrected chi connectivity index (χ0v) is 12.4. The summed E-state index contributed by atoms with van der Waals surface area (Å²) in [5.74, 6) is -2.40. The summed E-state index contributed by atoms with van der Waals surface area (Å²) in [4.78, 5) is 31.8. The Balaban J connectivity index is 1.94. The van der Waals surface area contributed by atoms with E-state index in [9.17, 15) is 19.8 Å². The van der Waals surface area contributed by atoms with Crippen molar-refractivity contribution in [2.24, 2.45) is 0 Å². The molecule has 2 heterocycles. The Bertz CT molecular complexity index is 912. The molecule has 0 bridgehead atoms. The number of carbonyl (C=O) groups excluding carboxylic acids is 1. The first kappa shape index (κ1) is 15.4. The Kier molecular flexibility index (Phi) is 4.07. The monoisotopic (exact) mass is 323 g/mol. The van der Waals surface area contributed by atoms with Crippen molar-refractivity contribution in [2.45, 2.75) is 6.04 Å². The normalized spacial score (nSPS) is 11.8. The van der Waals surface area contributed by atoms with Crippen LogP contribution in [-0.4, -0.2) is 32.1 Å². The number of benzene rings is 1. The van der Waals surface area contributed by atoms with Crippen molar-refractivity contribution in [3.05, 3.63) is 66.1 Å². The van der Waals surface area contributed by atoms with E-state index in [0.717, 1.165) is 0 Å². The maximum Gasteiger partial charge on any atom is 0.330 e. The van der Waals surface area contributed by atoms with Gasteiger partial charge >= 0.3 is 5.97 Å². The van der Waals surface area contributed by atoms with Crippen LogP contribution in [0.15, 0.2) is 54.9 Å². The summed E-state index contributed by atoms with van der Waals surface area (Å²) < 4.78 is 0. The number of aromatic hydroxyl groups is 1. The molecule has 1 aromatic carbocycles. The van der Waals surface area contributed by atoms with Crippen LogP contribution in [-0.2, 0) is 4.79 Å². The van der Waals surface area contributed by atoms with E-state index in [0.29, 0.717) is 10.9 Å². The molecule has 0 saturated carbocycles. The number of carbonyl (C=O) groups is 2. The molecule has 0 spiro atoms. The summed E-state index contributed by atoms with van der Waals surface area (Å²) in [6.45, 7) is 0. The second kappa shape index (κ2) is 6.33. The second-order valence-corrected chi connectivity index (χ2v) is 5.05. The Morgan fingerprint density at radius 2 is 1.79 bits per heavy atom. The molecule has 3 N–H and O–H groups in total. The lowest BCUT2D eigenvalue weighted by Gasteiger charge is -2.15. The highest BCUT2D eigenvalue weighted by Gasteiger charge is 2.25. The predicted molar refractivity (Wildman–Crippen MR) is 85.5 cm³/mol. The van der Waals surface area contributed by atoms with Crippen molar-refractivity contribution < 1.29 is 19.8 Å². The number of nitrogens with one attached hydrogen (secondary N) is 1. The van der Waals surface area contributed by atoms with E-state index in [-0.39, 0.29) is 17.0 Å². The summed E-state index contributed by atoms with van der Waals surface area (Å²) in [6, 6.07) is 10.4. The van der Waals surface area contributed by atoms with Gasteiger partial charge in [-0.2, -0.15) is 0 Å². The molecule has 0 aliphatic heterocycles. The summed E-state index contributed by atoms with van der Waals surface area (Å²) in [5.41, 5.74) is 0.365. The highest BCUT2D eigenvalue weighted by Crippen LogP contribution is 2.25. The lowest BCUT2D eigenvalue weighted by molar-refractivity contribution is -0.139. The maximum absolute atomic E-state index is 12.4. The molecule has 0 aliphatic rings. The van der Waals surface area contributed by atoms with Gasteiger partial charge in [-0.1, -0.05) is 30.3 Å². The van der Waals surface area contributed by atoms with Crippen molar-refractivity contribution in [2.75, 3.05) is 0 Å². The summed E-state index contributed by atoms with van der Waals surface area (Å²) >= 11 is 0. The molecule has 2 aromatic heterocycles. The molecule has 0 unspecified atom stereocenters. The van der Waals surface area contributed by atoms with Crippen LogP contribution in [0.1, 0.15) is 22.1 Å². The van der Waals surface area contributed by atoms with Crippen molar-refractivity contribution in [3.63, 3.8) is 0 Å². The zero-order valence-electron chi connectivity index (χ0n) is 12.4. The van der Waals surface area contributed by atoms with Crippen LogP contribution in [0.5, 0.6) is 5.75 Å². The van der Waals surface area contributed by atoms with Crippen molar-refractivity contribution in [1.29, 1.82) is 0 Å². The van der Waals surface area contributed by atoms with Gasteiger partial charge in [0.1, 0.15) is 5.52 Å². The Morgan fingerprint density at radius 3 is 2.50 bits per heavy atom. The number of hydrogen-bond donors (Lipinski definition) is 3. The highest BCUT2D eigenvalue weighted by molar-refractivity contribution is 6.01. The number of aliphatic carboxylic acids is 1. The average Bonchev–Trinajstić information content (AvgIpc) is 2.60. The number of nitrogens with zero attached hydrogens (tertiary/aromatic N) is 2. The maximum atomic E-state index is 12.4. The van der Waals surface area contributed by atoms with E-state index < -0.39 is 17.9 Å². The molecule has 3 rings (SSSR count). The lowest BCUT2D eigenvalue weighted by Crippen LogP contribution is -2.34. The largest absolute Gasteiger partial charge is 0.504 e. The molecule has 1 atom stereocenters. The second-order valence-electron chi connectivity index (χ2n) is 5.05. The van der Waals surface area contributed by atoms with Crippen molar-refractivity contribution in [1.82, 2.24) is 15.3 Å². The Morgan fingerprint density at radius 1 is 1.04 bits per heavy atom. The van der Waals surface area contributed by atoms with Gasteiger partial charge in [-0.05, 0) is 17.7 Å². The first-order valence-electron chi connectivity index (χ1n) is 7.09. The minimum atomic E-state index is -1.25. The molecular formula is C17H13N3O4. The number of hydrogen-bond acceptors (Lipinski definition) is 5. The number of carboxylic acid groups (broad SMARTS) is 1. The van der Waals surface area contributed by atoms with Gasteiger partial charge in [-0.15, -0.1) is 0 Å². The number of pyridine rings is 2. The van der Waals surface area contributed by atoms with Crippen LogP contribution in [0.25, 0.3) is 10.9 Å². The number of carboxylic acids is 1. The molecule has 3 aromatic rings. The molecule has 0 radical (unpaired) electrons. The van der Waals surface area contributed by atoms with E-state index in [1.165, 1.54) is 12.4 Å². The third-order valence-corrected chi connectivity index (χ3v) is 3.49. The summed E-state index contributed by atoms with van der Waals surface area (Å²) in [7, 11) is 0. The number of amides is 1. The fourth-order valence-electron chi connectivity index (χ4n) is 2.33. The average molecular weight is 323 g/mol. The van der Waals surface area contributed by atoms with E-state index >= 15 is 0 Å². The summed E-state index contributed by atoms with van der Waals surface area (Å²) in [5, 5.41) is 22.5. The minimum Gasteiger partial charge on any atom is -0.504 e. The molecule has 0 saturated heterocycles. The van der Waals surface area contributed by atoms with Crippen LogP contribution in [0.2, 0.25) is 0 Å². The van der Waals surface area contributed by atoms with Crippen LogP contribution in [0.4, 0.5) is 0 Å². The molecule has 0 fully saturated rings. The molecule has 1 amide bonds. The molecule has 7 heteroatoms. The van der Waals surface area contributed by atoms with Crippen LogP contribution in [0, 0.1) is 0 Å². The molecule has 0 aliphatic carbocycles. The number of fused-ring (bicyclic) bond motifs is 1. The standard InChI is InChI=1S/C17H13N3O4/c21-15-12-11(7-4-8-18-12)9-19-14(15)16(22)20-13(17(23)24)10-5-2-1-3-6-10/h1-9,13,21H,(H,20,22)(H,23,24)/t13-/m0/s1. The van der Waals surface area contributed by atoms with Gasteiger partial charge in [0.05, 0.1) is 0 Å². The molecule has 120 valence electrons. The third-order valence-electron chi connectivity index (χ3n) is 3.49. The molecular weight excluding hydrogens is 310 g/mol. The van der Waals surface area contributed by atoms with E-state index in [4.69, 9.17) is 0 Å². The Hall–Kier alpha value is -3.48.